The maximum Gasteiger partial charge on any atom is 1.00 e. The Labute approximate surface area is 210 Å². The Morgan fingerprint density at radius 3 is 2.64 bits per heavy atom. The summed E-state index contributed by atoms with van der Waals surface area (Å²) in [4.78, 5) is 37.5. The molecule has 7 atom stereocenters. The van der Waals surface area contributed by atoms with Gasteiger partial charge in [0.25, 0.3) is 0 Å². The van der Waals surface area contributed by atoms with Gasteiger partial charge in [-0.15, -0.1) is 11.8 Å². The van der Waals surface area contributed by atoms with E-state index in [1.165, 1.54) is 16.7 Å². The standard InChI is InChI=1S/C18H25N3O5S.K/c1-7-14-13(8(2)22)17(24)21(14)15(18(25)26)16(7)27-10-4-11(19-6-10)9-3-12(23)20-5-9;/h7-11,13-14,19,22H,3-6H2,1-2H3,(H,20,23)(H,25,26);/q;+1/p-1/t7-,8-,9?,10+,11+,13-,14-;/m1./s1. The number of hydrogen-bond acceptors (Lipinski definition) is 7. The van der Waals surface area contributed by atoms with Crippen LogP contribution >= 0.6 is 11.8 Å². The number of nitrogens with one attached hydrogen (secondary N) is 2. The SMILES string of the molecule is C[C@@H](O)[C@H]1C(=O)N2C(C(=O)[O-])=C(S[C@@H]3CN[C@H](C4CNC(=O)C4)C3)[C@H](C)[C@H]12.[K+]. The molecule has 0 aliphatic carbocycles. The number of aliphatic hydroxyl groups excluding tert-OH is 1. The van der Waals surface area contributed by atoms with Crippen molar-refractivity contribution in [3.63, 3.8) is 0 Å². The van der Waals surface area contributed by atoms with Gasteiger partial charge in [0.2, 0.25) is 11.8 Å². The van der Waals surface area contributed by atoms with E-state index in [2.05, 4.69) is 10.6 Å². The van der Waals surface area contributed by atoms with Crippen LogP contribution in [0.5, 0.6) is 0 Å². The van der Waals surface area contributed by atoms with Crippen molar-refractivity contribution in [3.05, 3.63) is 10.6 Å². The average Bonchev–Trinajstić information content (AvgIpc) is 3.27. The summed E-state index contributed by atoms with van der Waals surface area (Å²) in [6.07, 6.45) is 0.566. The van der Waals surface area contributed by atoms with Crippen LogP contribution in [0.25, 0.3) is 0 Å². The number of aliphatic hydroxyl groups is 1. The molecule has 0 aromatic rings. The van der Waals surface area contributed by atoms with Gasteiger partial charge in [-0.25, -0.2) is 0 Å². The molecule has 148 valence electrons. The molecule has 4 heterocycles. The zero-order chi connectivity index (χ0) is 19.5. The van der Waals surface area contributed by atoms with Gasteiger partial charge in [-0.1, -0.05) is 6.92 Å². The molecule has 4 aliphatic heterocycles. The first-order valence-corrected chi connectivity index (χ1v) is 10.3. The number of carbonyl (C=O) groups excluding carboxylic acids is 3. The van der Waals surface area contributed by atoms with E-state index in [1.54, 1.807) is 6.92 Å². The molecule has 0 radical (unpaired) electrons. The Hall–Kier alpha value is 0.0564. The van der Waals surface area contributed by atoms with Gasteiger partial charge in [-0.05, 0) is 13.3 Å². The van der Waals surface area contributed by atoms with E-state index < -0.39 is 18.0 Å². The van der Waals surface area contributed by atoms with E-state index in [1.807, 2.05) is 6.92 Å². The molecular weight excluding hydrogens is 409 g/mol. The van der Waals surface area contributed by atoms with Crippen LogP contribution in [-0.4, -0.2) is 64.3 Å². The third-order valence-corrected chi connectivity index (χ3v) is 7.81. The maximum atomic E-state index is 12.4. The molecule has 0 aromatic carbocycles. The molecule has 4 aliphatic rings. The smallest absolute Gasteiger partial charge is 0.543 e. The van der Waals surface area contributed by atoms with Crippen molar-refractivity contribution in [3.8, 4) is 0 Å². The monoisotopic (exact) mass is 433 g/mol. The number of amides is 2. The van der Waals surface area contributed by atoms with Crippen LogP contribution in [-0.2, 0) is 14.4 Å². The first-order valence-electron chi connectivity index (χ1n) is 9.43. The number of rotatable bonds is 5. The van der Waals surface area contributed by atoms with E-state index >= 15 is 0 Å². The number of nitrogens with zero attached hydrogens (tertiary/aromatic N) is 1. The molecule has 0 aromatic heterocycles. The first-order chi connectivity index (χ1) is 12.8. The molecule has 8 nitrogen and oxygen atoms in total. The Morgan fingerprint density at radius 2 is 2.07 bits per heavy atom. The Balaban J connectivity index is 0.00000225. The summed E-state index contributed by atoms with van der Waals surface area (Å²) in [5.41, 5.74) is -0.0273. The van der Waals surface area contributed by atoms with E-state index in [0.29, 0.717) is 17.9 Å². The number of β-lactam (4-membered cyclic amide) rings is 1. The minimum atomic E-state index is -1.34. The van der Waals surface area contributed by atoms with Gasteiger partial charge in [0.05, 0.1) is 29.7 Å². The molecule has 3 saturated heterocycles. The molecule has 28 heavy (non-hydrogen) atoms. The number of thioether (sulfide) groups is 1. The number of carboxylic acid groups (broad SMARTS) is 1. The molecule has 0 saturated carbocycles. The number of hydrogen-bond donors (Lipinski definition) is 3. The molecule has 2 amide bonds. The van der Waals surface area contributed by atoms with Gasteiger partial charge in [0, 0.05) is 47.5 Å². The first kappa shape index (κ1) is 22.7. The maximum absolute atomic E-state index is 12.4. The summed E-state index contributed by atoms with van der Waals surface area (Å²) in [5, 5.41) is 28.1. The number of carboxylic acids is 1. The van der Waals surface area contributed by atoms with Crippen LogP contribution in [0.2, 0.25) is 0 Å². The van der Waals surface area contributed by atoms with Crippen LogP contribution in [0.4, 0.5) is 0 Å². The third kappa shape index (κ3) is 3.75. The number of carbonyl (C=O) groups is 3. The topological polar surface area (TPSA) is 122 Å². The average molecular weight is 434 g/mol. The van der Waals surface area contributed by atoms with Crippen molar-refractivity contribution in [2.24, 2.45) is 17.8 Å². The molecule has 0 spiro atoms. The molecule has 0 bridgehead atoms. The molecule has 4 rings (SSSR count). The van der Waals surface area contributed by atoms with E-state index in [0.717, 1.165) is 13.0 Å². The van der Waals surface area contributed by atoms with Crippen molar-refractivity contribution >= 4 is 29.5 Å². The zero-order valence-electron chi connectivity index (χ0n) is 16.3. The fourth-order valence-electron chi connectivity index (χ4n) is 4.94. The van der Waals surface area contributed by atoms with Gasteiger partial charge in [0.15, 0.2) is 0 Å². The predicted octanol–water partition coefficient (Wildman–Crippen LogP) is -4.59. The van der Waals surface area contributed by atoms with Crippen molar-refractivity contribution < 1.29 is 76.0 Å². The Kier molecular flexibility index (Phi) is 7.03. The molecule has 3 fully saturated rings. The summed E-state index contributed by atoms with van der Waals surface area (Å²) < 4.78 is 0. The second-order valence-electron chi connectivity index (χ2n) is 8.01. The predicted molar refractivity (Wildman–Crippen MR) is 95.9 cm³/mol. The molecule has 1 unspecified atom stereocenters. The van der Waals surface area contributed by atoms with Crippen molar-refractivity contribution in [2.45, 2.75) is 50.1 Å². The van der Waals surface area contributed by atoms with Gasteiger partial charge >= 0.3 is 51.4 Å². The minimum Gasteiger partial charge on any atom is -0.543 e. The van der Waals surface area contributed by atoms with Crippen molar-refractivity contribution in [1.82, 2.24) is 15.5 Å². The Bertz CT molecular complexity index is 730. The normalized spacial score (nSPS) is 38.0. The number of fused-ring (bicyclic) bond motifs is 1. The summed E-state index contributed by atoms with van der Waals surface area (Å²) in [6.45, 7) is 4.89. The van der Waals surface area contributed by atoms with Gasteiger partial charge in [-0.3, -0.25) is 9.59 Å². The molecular formula is C18H24KN3O5S. The fraction of sp³-hybridized carbons (Fsp3) is 0.722. The minimum absolute atomic E-state index is 0. The van der Waals surface area contributed by atoms with Crippen molar-refractivity contribution in [1.29, 1.82) is 0 Å². The van der Waals surface area contributed by atoms with Crippen LogP contribution in [0.15, 0.2) is 10.6 Å². The summed E-state index contributed by atoms with van der Waals surface area (Å²) in [6, 6.07) is -0.0799. The van der Waals surface area contributed by atoms with Gasteiger partial charge in [-0.2, -0.15) is 0 Å². The second-order valence-corrected chi connectivity index (χ2v) is 9.35. The largest absolute Gasteiger partial charge is 1.00 e. The van der Waals surface area contributed by atoms with Crippen molar-refractivity contribution in [2.75, 3.05) is 13.1 Å². The van der Waals surface area contributed by atoms with Gasteiger partial charge < -0.3 is 30.5 Å². The summed E-state index contributed by atoms with van der Waals surface area (Å²) >= 11 is 1.50. The van der Waals surface area contributed by atoms with E-state index in [-0.39, 0.29) is 98.1 Å². The van der Waals surface area contributed by atoms with Crippen LogP contribution in [0, 0.1) is 17.8 Å². The van der Waals surface area contributed by atoms with Gasteiger partial charge in [0.1, 0.15) is 0 Å². The Morgan fingerprint density at radius 1 is 1.36 bits per heavy atom. The van der Waals surface area contributed by atoms with Crippen LogP contribution < -0.4 is 67.1 Å². The summed E-state index contributed by atoms with van der Waals surface area (Å²) in [7, 11) is 0. The molecule has 3 N–H and O–H groups in total. The third-order valence-electron chi connectivity index (χ3n) is 6.30. The fourth-order valence-corrected chi connectivity index (χ4v) is 6.43. The van der Waals surface area contributed by atoms with Crippen LogP contribution in [0.3, 0.4) is 0 Å². The van der Waals surface area contributed by atoms with Crippen LogP contribution in [0.1, 0.15) is 26.7 Å². The zero-order valence-corrected chi connectivity index (χ0v) is 20.2. The van der Waals surface area contributed by atoms with E-state index in [4.69, 9.17) is 0 Å². The second kappa shape index (κ2) is 8.66. The number of aliphatic carboxylic acids is 1. The summed E-state index contributed by atoms with van der Waals surface area (Å²) in [5.74, 6) is -2.03. The van der Waals surface area contributed by atoms with E-state index in [9.17, 15) is 24.6 Å². The quantitative estimate of drug-likeness (QED) is 0.295. The molecule has 10 heteroatoms.